The first-order chi connectivity index (χ1) is 16.5. The normalized spacial score (nSPS) is 11.2. The third-order valence-electron chi connectivity index (χ3n) is 5.02. The summed E-state index contributed by atoms with van der Waals surface area (Å²) in [6, 6.07) is 18.6. The second-order valence-electron chi connectivity index (χ2n) is 7.50. The number of H-pyrrole nitrogens is 1. The van der Waals surface area contributed by atoms with Gasteiger partial charge in [0, 0.05) is 11.3 Å². The van der Waals surface area contributed by atoms with Crippen LogP contribution in [0, 0.1) is 24.1 Å². The molecule has 1 amide bonds. The number of aromatic amines is 1. The van der Waals surface area contributed by atoms with Crippen molar-refractivity contribution < 1.29 is 18.7 Å². The first-order valence-electron chi connectivity index (χ1n) is 10.4. The highest BCUT2D eigenvalue weighted by Gasteiger charge is 2.15. The quantitative estimate of drug-likeness (QED) is 0.377. The first kappa shape index (κ1) is 22.6. The summed E-state index contributed by atoms with van der Waals surface area (Å²) >= 11 is 0. The van der Waals surface area contributed by atoms with Gasteiger partial charge in [-0.05, 0) is 61.0 Å². The predicted octanol–water partition coefficient (Wildman–Crippen LogP) is 5.10. The van der Waals surface area contributed by atoms with Crippen LogP contribution in [0.5, 0.6) is 11.5 Å². The molecular formula is C26H21FN4O3. The number of halogens is 1. The lowest BCUT2D eigenvalue weighted by molar-refractivity contribution is -0.118. The summed E-state index contributed by atoms with van der Waals surface area (Å²) in [5, 5.41) is 12.4. The lowest BCUT2D eigenvalue weighted by atomic mass is 10.1. The van der Waals surface area contributed by atoms with Crippen LogP contribution in [0.25, 0.3) is 22.7 Å². The third-order valence-corrected chi connectivity index (χ3v) is 5.02. The molecule has 0 aliphatic heterocycles. The van der Waals surface area contributed by atoms with E-state index in [2.05, 4.69) is 21.4 Å². The van der Waals surface area contributed by atoms with Gasteiger partial charge in [-0.15, -0.1) is 0 Å². The Kier molecular flexibility index (Phi) is 6.55. The van der Waals surface area contributed by atoms with Gasteiger partial charge in [0.25, 0.3) is 5.91 Å². The number of rotatable bonds is 7. The van der Waals surface area contributed by atoms with Crippen LogP contribution >= 0.6 is 0 Å². The lowest BCUT2D eigenvalue weighted by Crippen LogP contribution is -2.20. The summed E-state index contributed by atoms with van der Waals surface area (Å²) < 4.78 is 24.2. The number of aryl methyl sites for hydroxylation is 1. The van der Waals surface area contributed by atoms with E-state index in [0.29, 0.717) is 34.1 Å². The Bertz CT molecular complexity index is 1420. The molecule has 2 N–H and O–H groups in total. The molecule has 0 spiro atoms. The number of nitriles is 1. The SMILES string of the molecule is COc1cccc(C=C(C#N)c2nc3ccc(C)cc3[nH]2)c1OCC(=O)Nc1ccc(F)cc1. The number of carbonyl (C=O) groups excluding carboxylic acids is 1. The maximum Gasteiger partial charge on any atom is 0.262 e. The number of hydrogen-bond acceptors (Lipinski definition) is 5. The highest BCUT2D eigenvalue weighted by atomic mass is 19.1. The molecule has 0 unspecified atom stereocenters. The summed E-state index contributed by atoms with van der Waals surface area (Å²) in [6.07, 6.45) is 1.63. The van der Waals surface area contributed by atoms with E-state index in [1.807, 2.05) is 25.1 Å². The van der Waals surface area contributed by atoms with Gasteiger partial charge in [0.1, 0.15) is 17.7 Å². The van der Waals surface area contributed by atoms with Crippen molar-refractivity contribution >= 4 is 34.3 Å². The van der Waals surface area contributed by atoms with Crippen molar-refractivity contribution in [1.82, 2.24) is 9.97 Å². The van der Waals surface area contributed by atoms with Crippen LogP contribution < -0.4 is 14.8 Å². The fourth-order valence-electron chi connectivity index (χ4n) is 3.39. The van der Waals surface area contributed by atoms with Crippen LogP contribution in [-0.4, -0.2) is 29.6 Å². The summed E-state index contributed by atoms with van der Waals surface area (Å²) in [5.41, 5.74) is 3.94. The molecule has 3 aromatic carbocycles. The minimum absolute atomic E-state index is 0.294. The summed E-state index contributed by atoms with van der Waals surface area (Å²) in [6.45, 7) is 1.66. The predicted molar refractivity (Wildman–Crippen MR) is 128 cm³/mol. The average molecular weight is 456 g/mol. The second kappa shape index (κ2) is 9.88. The van der Waals surface area contributed by atoms with Crippen molar-refractivity contribution in [3.8, 4) is 17.6 Å². The summed E-state index contributed by atoms with van der Waals surface area (Å²) in [7, 11) is 1.49. The fraction of sp³-hybridized carbons (Fsp3) is 0.115. The Balaban J connectivity index is 1.60. The molecule has 0 saturated carbocycles. The van der Waals surface area contributed by atoms with Crippen molar-refractivity contribution in [2.75, 3.05) is 19.0 Å². The number of imidazole rings is 1. The molecule has 1 aromatic heterocycles. The molecule has 170 valence electrons. The number of amides is 1. The van der Waals surface area contributed by atoms with Crippen LogP contribution in [0.1, 0.15) is 17.0 Å². The van der Waals surface area contributed by atoms with E-state index < -0.39 is 11.7 Å². The number of anilines is 1. The standard InChI is InChI=1S/C26H21FN4O3/c1-16-6-11-21-22(12-16)31-26(30-21)18(14-28)13-17-4-3-5-23(33-2)25(17)34-15-24(32)29-20-9-7-19(27)8-10-20/h3-13H,15H2,1-2H3,(H,29,32)(H,30,31). The van der Waals surface area contributed by atoms with Crippen molar-refractivity contribution in [1.29, 1.82) is 5.26 Å². The number of fused-ring (bicyclic) bond motifs is 1. The van der Waals surface area contributed by atoms with Crippen molar-refractivity contribution in [2.24, 2.45) is 0 Å². The zero-order valence-electron chi connectivity index (χ0n) is 18.6. The number of hydrogen-bond donors (Lipinski definition) is 2. The Morgan fingerprint density at radius 1 is 1.21 bits per heavy atom. The van der Waals surface area contributed by atoms with Gasteiger partial charge >= 0.3 is 0 Å². The number of nitrogens with one attached hydrogen (secondary N) is 2. The van der Waals surface area contributed by atoms with Gasteiger partial charge in [-0.2, -0.15) is 5.26 Å². The maximum absolute atomic E-state index is 13.1. The van der Waals surface area contributed by atoms with Crippen molar-refractivity contribution in [2.45, 2.75) is 6.92 Å². The third kappa shape index (κ3) is 5.05. The Labute approximate surface area is 195 Å². The van der Waals surface area contributed by atoms with Crippen LogP contribution in [0.3, 0.4) is 0 Å². The molecule has 4 rings (SSSR count). The highest BCUT2D eigenvalue weighted by Crippen LogP contribution is 2.33. The molecule has 0 aliphatic rings. The van der Waals surface area contributed by atoms with E-state index >= 15 is 0 Å². The molecule has 7 nitrogen and oxygen atoms in total. The van der Waals surface area contributed by atoms with Gasteiger partial charge in [0.2, 0.25) is 0 Å². The van der Waals surface area contributed by atoms with E-state index in [9.17, 15) is 14.4 Å². The molecule has 0 saturated heterocycles. The summed E-state index contributed by atoms with van der Waals surface area (Å²) in [4.78, 5) is 20.0. The topological polar surface area (TPSA) is 100 Å². The number of allylic oxidation sites excluding steroid dienone is 1. The average Bonchev–Trinajstić information content (AvgIpc) is 3.25. The minimum Gasteiger partial charge on any atom is -0.493 e. The Morgan fingerprint density at radius 2 is 2.00 bits per heavy atom. The largest absolute Gasteiger partial charge is 0.493 e. The monoisotopic (exact) mass is 456 g/mol. The van der Waals surface area contributed by atoms with Gasteiger partial charge in [0.05, 0.1) is 23.7 Å². The van der Waals surface area contributed by atoms with Crippen molar-refractivity contribution in [3.05, 3.63) is 83.4 Å². The van der Waals surface area contributed by atoms with E-state index in [4.69, 9.17) is 9.47 Å². The van der Waals surface area contributed by atoms with Gasteiger partial charge in [0.15, 0.2) is 18.1 Å². The number of methoxy groups -OCH3 is 1. The number of carbonyl (C=O) groups is 1. The smallest absolute Gasteiger partial charge is 0.262 e. The molecule has 0 atom stereocenters. The number of aromatic nitrogens is 2. The van der Waals surface area contributed by atoms with Gasteiger partial charge < -0.3 is 19.8 Å². The number of nitrogens with zero attached hydrogens (tertiary/aromatic N) is 2. The second-order valence-corrected chi connectivity index (χ2v) is 7.50. The van der Waals surface area contributed by atoms with Gasteiger partial charge in [-0.3, -0.25) is 4.79 Å². The highest BCUT2D eigenvalue weighted by molar-refractivity contribution is 5.93. The summed E-state index contributed by atoms with van der Waals surface area (Å²) in [5.74, 6) is 0.305. The van der Waals surface area contributed by atoms with E-state index in [-0.39, 0.29) is 6.61 Å². The van der Waals surface area contributed by atoms with Crippen LogP contribution in [0.15, 0.2) is 60.7 Å². The molecule has 0 bridgehead atoms. The van der Waals surface area contributed by atoms with E-state index in [1.54, 1.807) is 24.3 Å². The molecule has 0 aliphatic carbocycles. The molecule has 34 heavy (non-hydrogen) atoms. The zero-order chi connectivity index (χ0) is 24.1. The molecule has 1 heterocycles. The van der Waals surface area contributed by atoms with Crippen molar-refractivity contribution in [3.63, 3.8) is 0 Å². The maximum atomic E-state index is 13.1. The van der Waals surface area contributed by atoms with Gasteiger partial charge in [-0.1, -0.05) is 18.2 Å². The van der Waals surface area contributed by atoms with E-state index in [0.717, 1.165) is 16.6 Å². The number of ether oxygens (including phenoxy) is 2. The number of para-hydroxylation sites is 1. The Morgan fingerprint density at radius 3 is 2.74 bits per heavy atom. The Hall–Kier alpha value is -4.64. The molecule has 0 fully saturated rings. The zero-order valence-corrected chi connectivity index (χ0v) is 18.6. The van der Waals surface area contributed by atoms with Gasteiger partial charge in [-0.25, -0.2) is 9.37 Å². The molecule has 0 radical (unpaired) electrons. The number of benzene rings is 3. The first-order valence-corrected chi connectivity index (χ1v) is 10.4. The molecular weight excluding hydrogens is 435 g/mol. The van der Waals surface area contributed by atoms with Crippen LogP contribution in [-0.2, 0) is 4.79 Å². The molecule has 8 heteroatoms. The molecule has 4 aromatic rings. The fourth-order valence-corrected chi connectivity index (χ4v) is 3.39. The minimum atomic E-state index is -0.430. The van der Waals surface area contributed by atoms with Crippen LogP contribution in [0.2, 0.25) is 0 Å². The lowest BCUT2D eigenvalue weighted by Gasteiger charge is -2.13. The van der Waals surface area contributed by atoms with E-state index in [1.165, 1.54) is 31.4 Å². The van der Waals surface area contributed by atoms with Crippen LogP contribution in [0.4, 0.5) is 10.1 Å².